The van der Waals surface area contributed by atoms with Crippen LogP contribution >= 0.6 is 0 Å². The summed E-state index contributed by atoms with van der Waals surface area (Å²) in [6.45, 7) is 0. The summed E-state index contributed by atoms with van der Waals surface area (Å²) in [4.78, 5) is 20.8. The molecule has 2 aromatic carbocycles. The second kappa shape index (κ2) is 6.90. The maximum Gasteiger partial charge on any atom is 0.251 e. The van der Waals surface area contributed by atoms with Crippen molar-refractivity contribution < 1.29 is 14.0 Å². The summed E-state index contributed by atoms with van der Waals surface area (Å²) in [6, 6.07) is 14.4. The van der Waals surface area contributed by atoms with Crippen molar-refractivity contribution in [2.24, 2.45) is 11.5 Å². The van der Waals surface area contributed by atoms with Crippen molar-refractivity contribution in [3.63, 3.8) is 0 Å². The van der Waals surface area contributed by atoms with Gasteiger partial charge in [-0.1, -0.05) is 30.3 Å². The molecule has 98 valence electrons. The maximum atomic E-state index is 12.5. The van der Waals surface area contributed by atoms with Crippen LogP contribution in [0.4, 0.5) is 4.39 Å². The molecule has 2 amide bonds. The molecule has 0 aliphatic heterocycles. The molecule has 4 N–H and O–H groups in total. The first-order valence-corrected chi connectivity index (χ1v) is 5.41. The van der Waals surface area contributed by atoms with Crippen LogP contribution in [0.25, 0.3) is 0 Å². The molecule has 0 aliphatic carbocycles. The standard InChI is InChI=1S/C7H6FNO.C7H7NO/c8-6-4-2-1-3-5(6)7(9)10;8-7(9)6-4-2-1-3-5-6/h1-4H,(H2,9,10);1-5H,(H2,8,9). The van der Waals surface area contributed by atoms with Crippen molar-refractivity contribution in [2.45, 2.75) is 0 Å². The number of amides is 2. The molecule has 19 heavy (non-hydrogen) atoms. The Morgan fingerprint density at radius 3 is 1.68 bits per heavy atom. The molecular formula is C14H13FN2O2. The van der Waals surface area contributed by atoms with Crippen molar-refractivity contribution in [1.29, 1.82) is 0 Å². The van der Waals surface area contributed by atoms with Gasteiger partial charge >= 0.3 is 0 Å². The Bertz CT molecular complexity index is 571. The fraction of sp³-hybridized carbons (Fsp3) is 0. The summed E-state index contributed by atoms with van der Waals surface area (Å²) in [6.07, 6.45) is 0. The van der Waals surface area contributed by atoms with Crippen LogP contribution < -0.4 is 11.5 Å². The Morgan fingerprint density at radius 2 is 1.32 bits per heavy atom. The lowest BCUT2D eigenvalue weighted by atomic mass is 10.2. The minimum Gasteiger partial charge on any atom is -0.366 e. The van der Waals surface area contributed by atoms with Crippen molar-refractivity contribution in [3.05, 3.63) is 71.5 Å². The number of hydrogen-bond acceptors (Lipinski definition) is 2. The molecule has 0 saturated carbocycles. The second-order valence-electron chi connectivity index (χ2n) is 3.57. The summed E-state index contributed by atoms with van der Waals surface area (Å²) in [5.74, 6) is -1.69. The number of primary amides is 2. The largest absolute Gasteiger partial charge is 0.366 e. The quantitative estimate of drug-likeness (QED) is 0.861. The van der Waals surface area contributed by atoms with Crippen molar-refractivity contribution in [2.75, 3.05) is 0 Å². The molecule has 0 aromatic heterocycles. The first-order valence-electron chi connectivity index (χ1n) is 5.41. The average molecular weight is 260 g/mol. The summed E-state index contributed by atoms with van der Waals surface area (Å²) in [7, 11) is 0. The fourth-order valence-electron chi connectivity index (χ4n) is 1.26. The third kappa shape index (κ3) is 4.59. The molecule has 5 heteroatoms. The molecule has 0 atom stereocenters. The van der Waals surface area contributed by atoms with Crippen LogP contribution in [0.2, 0.25) is 0 Å². The molecule has 2 aromatic rings. The van der Waals surface area contributed by atoms with Gasteiger partial charge < -0.3 is 11.5 Å². The predicted molar refractivity (Wildman–Crippen MR) is 69.9 cm³/mol. The predicted octanol–water partition coefficient (Wildman–Crippen LogP) is 1.71. The third-order valence-corrected chi connectivity index (χ3v) is 2.20. The van der Waals surface area contributed by atoms with Gasteiger partial charge in [-0.25, -0.2) is 4.39 Å². The Kier molecular flexibility index (Phi) is 5.22. The van der Waals surface area contributed by atoms with E-state index < -0.39 is 11.7 Å². The van der Waals surface area contributed by atoms with Gasteiger partial charge in [0, 0.05) is 5.56 Å². The summed E-state index contributed by atoms with van der Waals surface area (Å²) in [5, 5.41) is 0. The number of carbonyl (C=O) groups excluding carboxylic acids is 2. The van der Waals surface area contributed by atoms with Crippen molar-refractivity contribution >= 4 is 11.8 Å². The topological polar surface area (TPSA) is 86.2 Å². The minimum atomic E-state index is -0.738. The average Bonchev–Trinajstić information content (AvgIpc) is 2.40. The SMILES string of the molecule is NC(=O)c1ccccc1.NC(=O)c1ccccc1F. The second-order valence-corrected chi connectivity index (χ2v) is 3.57. The minimum absolute atomic E-state index is 0.0671. The summed E-state index contributed by atoms with van der Waals surface area (Å²) in [5.41, 5.74) is 10.3. The van der Waals surface area contributed by atoms with Gasteiger partial charge in [0.25, 0.3) is 5.91 Å². The van der Waals surface area contributed by atoms with Crippen LogP contribution in [0.3, 0.4) is 0 Å². The van der Waals surface area contributed by atoms with E-state index in [1.54, 1.807) is 30.3 Å². The van der Waals surface area contributed by atoms with Crippen LogP contribution in [-0.2, 0) is 0 Å². The van der Waals surface area contributed by atoms with Crippen LogP contribution in [-0.4, -0.2) is 11.8 Å². The molecule has 0 bridgehead atoms. The zero-order chi connectivity index (χ0) is 14.3. The summed E-state index contributed by atoms with van der Waals surface area (Å²) < 4.78 is 12.5. The van der Waals surface area contributed by atoms with Gasteiger partial charge in [0.15, 0.2) is 0 Å². The first kappa shape index (κ1) is 14.4. The van der Waals surface area contributed by atoms with E-state index in [-0.39, 0.29) is 11.5 Å². The molecule has 0 heterocycles. The van der Waals surface area contributed by atoms with Gasteiger partial charge in [-0.15, -0.1) is 0 Å². The van der Waals surface area contributed by atoms with Gasteiger partial charge in [-0.05, 0) is 24.3 Å². The van der Waals surface area contributed by atoms with E-state index in [0.29, 0.717) is 5.56 Å². The van der Waals surface area contributed by atoms with Gasteiger partial charge in [0.2, 0.25) is 5.91 Å². The number of benzene rings is 2. The molecule has 0 unspecified atom stereocenters. The van der Waals surface area contributed by atoms with Crippen LogP contribution in [0, 0.1) is 5.82 Å². The lowest BCUT2D eigenvalue weighted by Gasteiger charge is -1.94. The van der Waals surface area contributed by atoms with E-state index in [9.17, 15) is 14.0 Å². The van der Waals surface area contributed by atoms with Crippen LogP contribution in [0.5, 0.6) is 0 Å². The van der Waals surface area contributed by atoms with E-state index in [1.165, 1.54) is 18.2 Å². The Labute approximate surface area is 109 Å². The van der Waals surface area contributed by atoms with Crippen molar-refractivity contribution in [3.8, 4) is 0 Å². The van der Waals surface area contributed by atoms with E-state index >= 15 is 0 Å². The van der Waals surface area contributed by atoms with Gasteiger partial charge in [-0.3, -0.25) is 9.59 Å². The zero-order valence-electron chi connectivity index (χ0n) is 10.0. The van der Waals surface area contributed by atoms with Gasteiger partial charge in [-0.2, -0.15) is 0 Å². The zero-order valence-corrected chi connectivity index (χ0v) is 10.0. The number of rotatable bonds is 2. The molecule has 0 radical (unpaired) electrons. The number of hydrogen-bond donors (Lipinski definition) is 2. The lowest BCUT2D eigenvalue weighted by molar-refractivity contribution is 0.0989. The number of halogens is 1. The highest BCUT2D eigenvalue weighted by molar-refractivity contribution is 5.93. The van der Waals surface area contributed by atoms with E-state index in [0.717, 1.165) is 0 Å². The van der Waals surface area contributed by atoms with Crippen LogP contribution in [0.15, 0.2) is 54.6 Å². The Hall–Kier alpha value is -2.69. The first-order chi connectivity index (χ1) is 9.02. The fourth-order valence-corrected chi connectivity index (χ4v) is 1.26. The smallest absolute Gasteiger partial charge is 0.251 e. The number of carbonyl (C=O) groups is 2. The molecule has 0 aliphatic rings. The van der Waals surface area contributed by atoms with Gasteiger partial charge in [0.1, 0.15) is 5.82 Å². The Balaban J connectivity index is 0.000000191. The van der Waals surface area contributed by atoms with Crippen molar-refractivity contribution in [1.82, 2.24) is 0 Å². The highest BCUT2D eigenvalue weighted by Crippen LogP contribution is 2.03. The summed E-state index contributed by atoms with van der Waals surface area (Å²) >= 11 is 0. The molecule has 0 fully saturated rings. The maximum absolute atomic E-state index is 12.5. The highest BCUT2D eigenvalue weighted by Gasteiger charge is 2.04. The normalized spacial score (nSPS) is 9.11. The van der Waals surface area contributed by atoms with E-state index in [4.69, 9.17) is 11.5 Å². The Morgan fingerprint density at radius 1 is 0.789 bits per heavy atom. The van der Waals surface area contributed by atoms with Crippen LogP contribution in [0.1, 0.15) is 20.7 Å². The molecule has 4 nitrogen and oxygen atoms in total. The van der Waals surface area contributed by atoms with Gasteiger partial charge in [0.05, 0.1) is 5.56 Å². The third-order valence-electron chi connectivity index (χ3n) is 2.20. The molecule has 0 spiro atoms. The monoisotopic (exact) mass is 260 g/mol. The molecular weight excluding hydrogens is 247 g/mol. The van der Waals surface area contributed by atoms with E-state index in [1.807, 2.05) is 6.07 Å². The number of nitrogens with two attached hydrogens (primary N) is 2. The lowest BCUT2D eigenvalue weighted by Crippen LogP contribution is -2.12. The molecule has 2 rings (SSSR count). The highest BCUT2D eigenvalue weighted by atomic mass is 19.1. The molecule has 0 saturated heterocycles. The van der Waals surface area contributed by atoms with E-state index in [2.05, 4.69) is 0 Å².